The molecule has 1 aliphatic carbocycles. The van der Waals surface area contributed by atoms with Crippen molar-refractivity contribution >= 4 is 11.8 Å². The molecule has 0 bridgehead atoms. The maximum absolute atomic E-state index is 12.4. The summed E-state index contributed by atoms with van der Waals surface area (Å²) in [6, 6.07) is 15.1. The zero-order valence-electron chi connectivity index (χ0n) is 16.7. The van der Waals surface area contributed by atoms with E-state index in [-0.39, 0.29) is 24.3 Å². The molecule has 29 heavy (non-hydrogen) atoms. The van der Waals surface area contributed by atoms with Gasteiger partial charge in [-0.25, -0.2) is 0 Å². The van der Waals surface area contributed by atoms with Gasteiger partial charge in [0.1, 0.15) is 17.2 Å². The van der Waals surface area contributed by atoms with E-state index in [4.69, 9.17) is 9.47 Å². The maximum atomic E-state index is 12.4. The second-order valence-corrected chi connectivity index (χ2v) is 7.66. The van der Waals surface area contributed by atoms with Crippen molar-refractivity contribution in [2.75, 3.05) is 32.8 Å². The molecule has 2 aromatic rings. The van der Waals surface area contributed by atoms with Crippen LogP contribution in [0.15, 0.2) is 48.5 Å². The topological polar surface area (TPSA) is 59.1 Å². The molecule has 2 amide bonds. The standard InChI is InChI=1S/C23H26N2O4/c1-17-2-6-20(7-3-17)29-21-10-8-19(9-11-21)28-16-22(26)24-12-14-25(15-13-24)23(27)18-4-5-18/h2-3,6-11,18H,4-5,12-16H2,1H3. The summed E-state index contributed by atoms with van der Waals surface area (Å²) in [7, 11) is 0. The van der Waals surface area contributed by atoms with Crippen molar-refractivity contribution < 1.29 is 19.1 Å². The van der Waals surface area contributed by atoms with Gasteiger partial charge >= 0.3 is 0 Å². The van der Waals surface area contributed by atoms with Gasteiger partial charge < -0.3 is 19.3 Å². The number of ether oxygens (including phenoxy) is 2. The summed E-state index contributed by atoms with van der Waals surface area (Å²) in [5, 5.41) is 0. The Morgan fingerprint density at radius 1 is 0.828 bits per heavy atom. The number of amides is 2. The van der Waals surface area contributed by atoms with Crippen LogP contribution >= 0.6 is 0 Å². The quantitative estimate of drug-likeness (QED) is 0.755. The van der Waals surface area contributed by atoms with Crippen LogP contribution in [0.1, 0.15) is 18.4 Å². The van der Waals surface area contributed by atoms with E-state index in [0.717, 1.165) is 18.6 Å². The molecule has 1 saturated heterocycles. The fraction of sp³-hybridized carbons (Fsp3) is 0.391. The van der Waals surface area contributed by atoms with Crippen molar-refractivity contribution in [3.05, 3.63) is 54.1 Å². The van der Waals surface area contributed by atoms with Gasteiger partial charge in [-0.1, -0.05) is 17.7 Å². The molecule has 0 atom stereocenters. The molecule has 152 valence electrons. The van der Waals surface area contributed by atoms with Gasteiger partial charge in [-0.15, -0.1) is 0 Å². The van der Waals surface area contributed by atoms with Crippen LogP contribution in [0.5, 0.6) is 17.2 Å². The molecule has 6 heteroatoms. The molecular formula is C23H26N2O4. The Kier molecular flexibility index (Phi) is 5.69. The minimum absolute atomic E-state index is 0.00522. The number of rotatable bonds is 6. The van der Waals surface area contributed by atoms with Crippen molar-refractivity contribution in [2.45, 2.75) is 19.8 Å². The number of benzene rings is 2. The highest BCUT2D eigenvalue weighted by atomic mass is 16.5. The van der Waals surface area contributed by atoms with E-state index in [2.05, 4.69) is 0 Å². The minimum Gasteiger partial charge on any atom is -0.484 e. The highest BCUT2D eigenvalue weighted by molar-refractivity contribution is 5.82. The van der Waals surface area contributed by atoms with E-state index in [1.54, 1.807) is 17.0 Å². The first kappa shape index (κ1) is 19.3. The lowest BCUT2D eigenvalue weighted by Gasteiger charge is -2.34. The van der Waals surface area contributed by atoms with Crippen LogP contribution < -0.4 is 9.47 Å². The minimum atomic E-state index is -0.0523. The van der Waals surface area contributed by atoms with E-state index in [1.807, 2.05) is 48.2 Å². The first-order chi connectivity index (χ1) is 14.1. The van der Waals surface area contributed by atoms with E-state index in [9.17, 15) is 9.59 Å². The van der Waals surface area contributed by atoms with Crippen LogP contribution in [0.25, 0.3) is 0 Å². The third-order valence-electron chi connectivity index (χ3n) is 5.31. The second kappa shape index (κ2) is 8.55. The Bertz CT molecular complexity index is 851. The van der Waals surface area contributed by atoms with Crippen LogP contribution in [0.4, 0.5) is 0 Å². The summed E-state index contributed by atoms with van der Waals surface area (Å²) in [4.78, 5) is 28.1. The van der Waals surface area contributed by atoms with Gasteiger partial charge in [-0.2, -0.15) is 0 Å². The highest BCUT2D eigenvalue weighted by Crippen LogP contribution is 2.31. The molecule has 1 saturated carbocycles. The van der Waals surface area contributed by atoms with Crippen molar-refractivity contribution in [3.8, 4) is 17.2 Å². The van der Waals surface area contributed by atoms with Crippen molar-refractivity contribution in [3.63, 3.8) is 0 Å². The van der Waals surface area contributed by atoms with Crippen LogP contribution in [0.3, 0.4) is 0 Å². The highest BCUT2D eigenvalue weighted by Gasteiger charge is 2.35. The van der Waals surface area contributed by atoms with E-state index < -0.39 is 0 Å². The molecule has 4 rings (SSSR count). The van der Waals surface area contributed by atoms with Crippen LogP contribution in [-0.4, -0.2) is 54.4 Å². The van der Waals surface area contributed by atoms with E-state index in [0.29, 0.717) is 37.7 Å². The molecule has 2 aliphatic rings. The zero-order valence-corrected chi connectivity index (χ0v) is 16.7. The number of carbonyl (C=O) groups is 2. The summed E-state index contributed by atoms with van der Waals surface area (Å²) < 4.78 is 11.4. The SMILES string of the molecule is Cc1ccc(Oc2ccc(OCC(=O)N3CCN(C(=O)C4CC4)CC3)cc2)cc1. The fourth-order valence-electron chi connectivity index (χ4n) is 3.35. The van der Waals surface area contributed by atoms with E-state index >= 15 is 0 Å². The van der Waals surface area contributed by atoms with Gasteiger partial charge in [0.2, 0.25) is 5.91 Å². The van der Waals surface area contributed by atoms with E-state index in [1.165, 1.54) is 5.56 Å². The second-order valence-electron chi connectivity index (χ2n) is 7.66. The molecule has 2 aromatic carbocycles. The molecule has 6 nitrogen and oxygen atoms in total. The van der Waals surface area contributed by atoms with Crippen LogP contribution in [-0.2, 0) is 9.59 Å². The van der Waals surface area contributed by atoms with Crippen molar-refractivity contribution in [1.29, 1.82) is 0 Å². The molecule has 1 heterocycles. The molecule has 2 fully saturated rings. The maximum Gasteiger partial charge on any atom is 0.260 e. The number of nitrogens with zero attached hydrogens (tertiary/aromatic N) is 2. The Morgan fingerprint density at radius 3 is 1.93 bits per heavy atom. The Morgan fingerprint density at radius 2 is 1.34 bits per heavy atom. The first-order valence-corrected chi connectivity index (χ1v) is 10.1. The van der Waals surface area contributed by atoms with Crippen molar-refractivity contribution in [1.82, 2.24) is 9.80 Å². The number of hydrogen-bond acceptors (Lipinski definition) is 4. The Labute approximate surface area is 171 Å². The number of carbonyl (C=O) groups excluding carboxylic acids is 2. The average molecular weight is 394 g/mol. The van der Waals surface area contributed by atoms with Crippen molar-refractivity contribution in [2.24, 2.45) is 5.92 Å². The third kappa shape index (κ3) is 5.08. The smallest absolute Gasteiger partial charge is 0.260 e. The van der Waals surface area contributed by atoms with Gasteiger partial charge in [0.25, 0.3) is 5.91 Å². The van der Waals surface area contributed by atoms with Crippen LogP contribution in [0, 0.1) is 12.8 Å². The molecule has 1 aliphatic heterocycles. The van der Waals surface area contributed by atoms with Gasteiger partial charge in [0, 0.05) is 32.1 Å². The summed E-state index contributed by atoms with van der Waals surface area (Å²) in [5.74, 6) is 2.54. The third-order valence-corrected chi connectivity index (χ3v) is 5.31. The van der Waals surface area contributed by atoms with Gasteiger partial charge in [-0.05, 0) is 56.2 Å². The van der Waals surface area contributed by atoms with Gasteiger partial charge in [0.05, 0.1) is 0 Å². The molecule has 0 radical (unpaired) electrons. The first-order valence-electron chi connectivity index (χ1n) is 10.1. The lowest BCUT2D eigenvalue weighted by atomic mass is 10.2. The summed E-state index contributed by atoms with van der Waals surface area (Å²) in [6.45, 7) is 4.41. The lowest BCUT2D eigenvalue weighted by Crippen LogP contribution is -2.52. The molecule has 0 N–H and O–H groups in total. The number of aryl methyl sites for hydroxylation is 1. The number of hydrogen-bond donors (Lipinski definition) is 0. The Balaban J connectivity index is 1.22. The largest absolute Gasteiger partial charge is 0.484 e. The Hall–Kier alpha value is -3.02. The predicted octanol–water partition coefficient (Wildman–Crippen LogP) is 3.25. The summed E-state index contributed by atoms with van der Waals surface area (Å²) >= 11 is 0. The average Bonchev–Trinajstić information content (AvgIpc) is 3.60. The molecule has 0 aromatic heterocycles. The fourth-order valence-corrected chi connectivity index (χ4v) is 3.35. The summed E-state index contributed by atoms with van der Waals surface area (Å²) in [6.07, 6.45) is 2.03. The van der Waals surface area contributed by atoms with Crippen LogP contribution in [0.2, 0.25) is 0 Å². The molecular weight excluding hydrogens is 368 g/mol. The lowest BCUT2D eigenvalue weighted by molar-refractivity contribution is -0.141. The predicted molar refractivity (Wildman–Crippen MR) is 109 cm³/mol. The monoisotopic (exact) mass is 394 g/mol. The molecule has 0 unspecified atom stereocenters. The molecule has 0 spiro atoms. The van der Waals surface area contributed by atoms with Gasteiger partial charge in [0.15, 0.2) is 6.61 Å². The summed E-state index contributed by atoms with van der Waals surface area (Å²) in [5.41, 5.74) is 1.18. The zero-order chi connectivity index (χ0) is 20.2. The normalized spacial score (nSPS) is 16.4. The number of piperazine rings is 1. The van der Waals surface area contributed by atoms with Gasteiger partial charge in [-0.3, -0.25) is 9.59 Å².